The maximum Gasteiger partial charge on any atom is 0.151 e. The highest BCUT2D eigenvalue weighted by Gasteiger charge is 2.21. The van der Waals surface area contributed by atoms with E-state index >= 15 is 0 Å². The highest BCUT2D eigenvalue weighted by Crippen LogP contribution is 2.39. The molecule has 76 valence electrons. The standard InChI is InChI=1S/C10H12BrNO2/c1-10(2,3)7-4-6(11)5-8(12-14)9(7)13/h4-5,13H,1-3H3. The highest BCUT2D eigenvalue weighted by molar-refractivity contribution is 9.10. The summed E-state index contributed by atoms with van der Waals surface area (Å²) in [5, 5.41) is 12.5. The summed E-state index contributed by atoms with van der Waals surface area (Å²) in [5.74, 6) is -0.0318. The Morgan fingerprint density at radius 3 is 2.36 bits per heavy atom. The lowest BCUT2D eigenvalue weighted by molar-refractivity contribution is 0.448. The monoisotopic (exact) mass is 257 g/mol. The predicted octanol–water partition coefficient (Wildman–Crippen LogP) is 3.85. The van der Waals surface area contributed by atoms with E-state index in [4.69, 9.17) is 0 Å². The van der Waals surface area contributed by atoms with Gasteiger partial charge in [0.05, 0.1) is 0 Å². The summed E-state index contributed by atoms with van der Waals surface area (Å²) >= 11 is 3.27. The number of nitrogens with zero attached hydrogens (tertiary/aromatic N) is 1. The van der Waals surface area contributed by atoms with Gasteiger partial charge in [-0.05, 0) is 22.7 Å². The van der Waals surface area contributed by atoms with Crippen molar-refractivity contribution in [1.29, 1.82) is 0 Å². The molecule has 0 aliphatic carbocycles. The van der Waals surface area contributed by atoms with E-state index in [0.29, 0.717) is 5.56 Å². The first-order valence-electron chi connectivity index (χ1n) is 4.22. The molecule has 0 aliphatic rings. The number of rotatable bonds is 1. The predicted molar refractivity (Wildman–Crippen MR) is 60.0 cm³/mol. The maximum atomic E-state index is 10.4. The van der Waals surface area contributed by atoms with Crippen LogP contribution in [-0.2, 0) is 5.41 Å². The zero-order chi connectivity index (χ0) is 10.9. The van der Waals surface area contributed by atoms with Crippen LogP contribution in [0.25, 0.3) is 0 Å². The van der Waals surface area contributed by atoms with Gasteiger partial charge in [0.1, 0.15) is 5.75 Å². The Balaban J connectivity index is 3.44. The van der Waals surface area contributed by atoms with Crippen LogP contribution in [0.1, 0.15) is 26.3 Å². The van der Waals surface area contributed by atoms with Gasteiger partial charge in [-0.25, -0.2) is 0 Å². The van der Waals surface area contributed by atoms with Gasteiger partial charge in [-0.3, -0.25) is 0 Å². The van der Waals surface area contributed by atoms with E-state index in [1.165, 1.54) is 6.07 Å². The van der Waals surface area contributed by atoms with Crippen LogP contribution in [0.3, 0.4) is 0 Å². The number of phenols is 1. The Morgan fingerprint density at radius 2 is 1.93 bits per heavy atom. The van der Waals surface area contributed by atoms with Crippen molar-refractivity contribution in [1.82, 2.24) is 0 Å². The third kappa shape index (κ3) is 2.12. The summed E-state index contributed by atoms with van der Waals surface area (Å²) < 4.78 is 0.745. The first-order chi connectivity index (χ1) is 6.36. The maximum absolute atomic E-state index is 10.4. The normalized spacial score (nSPS) is 11.4. The summed E-state index contributed by atoms with van der Waals surface area (Å²) in [7, 11) is 0. The quantitative estimate of drug-likeness (QED) is 0.777. The molecular formula is C10H12BrNO2. The third-order valence-electron chi connectivity index (χ3n) is 1.96. The van der Waals surface area contributed by atoms with E-state index in [0.717, 1.165) is 4.47 Å². The molecule has 0 heterocycles. The fraction of sp³-hybridized carbons (Fsp3) is 0.400. The van der Waals surface area contributed by atoms with E-state index < -0.39 is 0 Å². The van der Waals surface area contributed by atoms with Gasteiger partial charge in [-0.2, -0.15) is 0 Å². The Morgan fingerprint density at radius 1 is 1.36 bits per heavy atom. The first-order valence-corrected chi connectivity index (χ1v) is 5.02. The van der Waals surface area contributed by atoms with Crippen LogP contribution in [0.15, 0.2) is 21.8 Å². The van der Waals surface area contributed by atoms with Crippen molar-refractivity contribution in [2.45, 2.75) is 26.2 Å². The number of hydrogen-bond donors (Lipinski definition) is 1. The topological polar surface area (TPSA) is 49.7 Å². The fourth-order valence-electron chi connectivity index (χ4n) is 1.23. The van der Waals surface area contributed by atoms with E-state index in [9.17, 15) is 10.0 Å². The van der Waals surface area contributed by atoms with Crippen molar-refractivity contribution in [3.8, 4) is 5.75 Å². The molecule has 1 aromatic rings. The van der Waals surface area contributed by atoms with Gasteiger partial charge in [0.25, 0.3) is 0 Å². The molecule has 0 saturated heterocycles. The molecule has 4 heteroatoms. The van der Waals surface area contributed by atoms with Gasteiger partial charge >= 0.3 is 0 Å². The molecule has 0 amide bonds. The van der Waals surface area contributed by atoms with Gasteiger partial charge < -0.3 is 5.11 Å². The summed E-state index contributed by atoms with van der Waals surface area (Å²) in [5.41, 5.74) is 0.568. The van der Waals surface area contributed by atoms with Gasteiger partial charge in [0, 0.05) is 10.0 Å². The van der Waals surface area contributed by atoms with E-state index in [-0.39, 0.29) is 16.9 Å². The number of aromatic hydroxyl groups is 1. The SMILES string of the molecule is CC(C)(C)c1cc(Br)cc(N=O)c1O. The zero-order valence-corrected chi connectivity index (χ0v) is 9.92. The molecule has 0 aliphatic heterocycles. The minimum Gasteiger partial charge on any atom is -0.505 e. The molecule has 14 heavy (non-hydrogen) atoms. The van der Waals surface area contributed by atoms with Crippen LogP contribution in [0.2, 0.25) is 0 Å². The van der Waals surface area contributed by atoms with Crippen molar-refractivity contribution in [2.75, 3.05) is 0 Å². The zero-order valence-electron chi connectivity index (χ0n) is 8.34. The van der Waals surface area contributed by atoms with Crippen molar-refractivity contribution in [3.63, 3.8) is 0 Å². The van der Waals surface area contributed by atoms with Crippen LogP contribution in [-0.4, -0.2) is 5.11 Å². The first kappa shape index (κ1) is 11.2. The molecule has 1 aromatic carbocycles. The average molecular weight is 258 g/mol. The molecule has 1 rings (SSSR count). The molecule has 0 fully saturated rings. The highest BCUT2D eigenvalue weighted by atomic mass is 79.9. The number of phenolic OH excluding ortho intramolecular Hbond substituents is 1. The number of benzene rings is 1. The van der Waals surface area contributed by atoms with Gasteiger partial charge in [0.2, 0.25) is 0 Å². The van der Waals surface area contributed by atoms with Gasteiger partial charge in [-0.15, -0.1) is 4.91 Å². The Hall–Kier alpha value is -0.900. The summed E-state index contributed by atoms with van der Waals surface area (Å²) in [4.78, 5) is 10.4. The van der Waals surface area contributed by atoms with Crippen LogP contribution >= 0.6 is 15.9 Å². The van der Waals surface area contributed by atoms with Crippen molar-refractivity contribution in [2.24, 2.45) is 5.18 Å². The average Bonchev–Trinajstić information content (AvgIpc) is 2.06. The lowest BCUT2D eigenvalue weighted by Gasteiger charge is -2.20. The molecule has 3 nitrogen and oxygen atoms in total. The molecule has 0 radical (unpaired) electrons. The van der Waals surface area contributed by atoms with Gasteiger partial charge in [0.15, 0.2) is 5.69 Å². The Bertz CT molecular complexity index is 369. The molecule has 0 spiro atoms. The molecule has 0 bridgehead atoms. The van der Waals surface area contributed by atoms with E-state index in [1.807, 2.05) is 20.8 Å². The molecule has 0 saturated carbocycles. The molecule has 1 N–H and O–H groups in total. The van der Waals surface area contributed by atoms with Crippen molar-refractivity contribution < 1.29 is 5.11 Å². The second kappa shape index (κ2) is 3.69. The lowest BCUT2D eigenvalue weighted by Crippen LogP contribution is -2.11. The number of hydrogen-bond acceptors (Lipinski definition) is 3. The van der Waals surface area contributed by atoms with Crippen LogP contribution in [0.5, 0.6) is 5.75 Å². The van der Waals surface area contributed by atoms with Crippen molar-refractivity contribution >= 4 is 21.6 Å². The summed E-state index contributed by atoms with van der Waals surface area (Å²) in [6.45, 7) is 5.88. The third-order valence-corrected chi connectivity index (χ3v) is 2.42. The smallest absolute Gasteiger partial charge is 0.151 e. The Labute approximate surface area is 91.2 Å². The second-order valence-electron chi connectivity index (χ2n) is 4.16. The Kier molecular flexibility index (Phi) is 2.95. The van der Waals surface area contributed by atoms with Gasteiger partial charge in [-0.1, -0.05) is 36.7 Å². The fourth-order valence-corrected chi connectivity index (χ4v) is 1.67. The molecule has 0 atom stereocenters. The summed E-state index contributed by atoms with van der Waals surface area (Å²) in [6, 6.07) is 3.29. The number of halogens is 1. The molecular weight excluding hydrogens is 246 g/mol. The largest absolute Gasteiger partial charge is 0.505 e. The van der Waals surface area contributed by atoms with Crippen LogP contribution in [0.4, 0.5) is 5.69 Å². The second-order valence-corrected chi connectivity index (χ2v) is 5.08. The molecule has 0 unspecified atom stereocenters. The summed E-state index contributed by atoms with van der Waals surface area (Å²) in [6.07, 6.45) is 0. The minimum absolute atomic E-state index is 0.0318. The van der Waals surface area contributed by atoms with E-state index in [2.05, 4.69) is 21.1 Å². The van der Waals surface area contributed by atoms with Crippen molar-refractivity contribution in [3.05, 3.63) is 27.1 Å². The number of nitroso groups, excluding NO2 is 1. The minimum atomic E-state index is -0.215. The van der Waals surface area contributed by atoms with Crippen LogP contribution in [0, 0.1) is 4.91 Å². The van der Waals surface area contributed by atoms with Crippen LogP contribution < -0.4 is 0 Å². The lowest BCUT2D eigenvalue weighted by atomic mass is 9.86. The molecule has 0 aromatic heterocycles. The van der Waals surface area contributed by atoms with E-state index in [1.54, 1.807) is 6.07 Å².